The van der Waals surface area contributed by atoms with E-state index in [9.17, 15) is 4.79 Å². The van der Waals surface area contributed by atoms with Crippen LogP contribution in [0.1, 0.15) is 45.0 Å². The molecule has 5 nitrogen and oxygen atoms in total. The fourth-order valence-electron chi connectivity index (χ4n) is 2.73. The molecule has 0 saturated carbocycles. The van der Waals surface area contributed by atoms with E-state index >= 15 is 0 Å². The molecule has 0 radical (unpaired) electrons. The number of ether oxygens (including phenoxy) is 1. The summed E-state index contributed by atoms with van der Waals surface area (Å²) in [6, 6.07) is 9.73. The van der Waals surface area contributed by atoms with Crippen LogP contribution >= 0.6 is 11.3 Å². The van der Waals surface area contributed by atoms with E-state index in [-0.39, 0.29) is 11.9 Å². The summed E-state index contributed by atoms with van der Waals surface area (Å²) < 4.78 is 7.61. The summed E-state index contributed by atoms with van der Waals surface area (Å²) in [4.78, 5) is 13.2. The van der Waals surface area contributed by atoms with Crippen LogP contribution in [0.4, 0.5) is 0 Å². The highest BCUT2D eigenvalue weighted by molar-refractivity contribution is 7.12. The zero-order chi connectivity index (χ0) is 18.7. The summed E-state index contributed by atoms with van der Waals surface area (Å²) in [6.07, 6.45) is 1.80. The van der Waals surface area contributed by atoms with Crippen LogP contribution in [0, 0.1) is 13.8 Å². The van der Waals surface area contributed by atoms with Crippen LogP contribution in [-0.4, -0.2) is 15.7 Å². The van der Waals surface area contributed by atoms with Crippen molar-refractivity contribution in [1.82, 2.24) is 15.1 Å². The lowest BCUT2D eigenvalue weighted by Crippen LogP contribution is -2.26. The summed E-state index contributed by atoms with van der Waals surface area (Å²) in [6.45, 7) is 6.45. The second kappa shape index (κ2) is 7.74. The third-order valence-electron chi connectivity index (χ3n) is 4.36. The van der Waals surface area contributed by atoms with Crippen LogP contribution in [0.2, 0.25) is 0 Å². The van der Waals surface area contributed by atoms with Crippen LogP contribution in [0.5, 0.6) is 5.75 Å². The van der Waals surface area contributed by atoms with Gasteiger partial charge in [0, 0.05) is 23.9 Å². The minimum atomic E-state index is -0.0923. The monoisotopic (exact) mass is 369 g/mol. The molecule has 6 heteroatoms. The highest BCUT2D eigenvalue weighted by Crippen LogP contribution is 2.21. The van der Waals surface area contributed by atoms with Gasteiger partial charge in [0.15, 0.2) is 0 Å². The topological polar surface area (TPSA) is 56.1 Å². The zero-order valence-corrected chi connectivity index (χ0v) is 16.3. The number of carbonyl (C=O) groups excluding carboxylic acids is 1. The van der Waals surface area contributed by atoms with Gasteiger partial charge in [0.1, 0.15) is 12.4 Å². The zero-order valence-electron chi connectivity index (χ0n) is 15.4. The van der Waals surface area contributed by atoms with Crippen LogP contribution in [0.3, 0.4) is 0 Å². The first-order valence-electron chi connectivity index (χ1n) is 8.50. The molecular weight excluding hydrogens is 346 g/mol. The van der Waals surface area contributed by atoms with Gasteiger partial charge in [0.05, 0.1) is 17.1 Å². The van der Waals surface area contributed by atoms with Gasteiger partial charge in [-0.05, 0) is 49.9 Å². The van der Waals surface area contributed by atoms with Gasteiger partial charge in [-0.2, -0.15) is 5.10 Å². The van der Waals surface area contributed by atoms with Gasteiger partial charge in [-0.3, -0.25) is 9.48 Å². The lowest BCUT2D eigenvalue weighted by Gasteiger charge is -2.13. The Bertz CT molecular complexity index is 913. The van der Waals surface area contributed by atoms with Gasteiger partial charge >= 0.3 is 0 Å². The van der Waals surface area contributed by atoms with Crippen LogP contribution in [-0.2, 0) is 13.7 Å². The average molecular weight is 369 g/mol. The molecule has 1 amide bonds. The first kappa shape index (κ1) is 18.2. The highest BCUT2D eigenvalue weighted by Gasteiger charge is 2.17. The first-order valence-corrected chi connectivity index (χ1v) is 9.38. The minimum Gasteiger partial charge on any atom is -0.489 e. The van der Waals surface area contributed by atoms with Gasteiger partial charge in [-0.25, -0.2) is 0 Å². The van der Waals surface area contributed by atoms with Crippen LogP contribution < -0.4 is 10.1 Å². The number of amides is 1. The first-order chi connectivity index (χ1) is 12.4. The van der Waals surface area contributed by atoms with Gasteiger partial charge in [-0.15, -0.1) is 11.3 Å². The average Bonchev–Trinajstić information content (AvgIpc) is 3.21. The number of hydrogen-bond acceptors (Lipinski definition) is 4. The van der Waals surface area contributed by atoms with E-state index in [1.807, 2.05) is 68.2 Å². The Balaban J connectivity index is 1.60. The van der Waals surface area contributed by atoms with Crippen molar-refractivity contribution < 1.29 is 9.53 Å². The minimum absolute atomic E-state index is 0.0763. The Morgan fingerprint density at radius 1 is 1.35 bits per heavy atom. The molecule has 0 spiro atoms. The lowest BCUT2D eigenvalue weighted by atomic mass is 10.1. The molecule has 2 heterocycles. The van der Waals surface area contributed by atoms with Crippen molar-refractivity contribution in [1.29, 1.82) is 0 Å². The number of rotatable bonds is 6. The van der Waals surface area contributed by atoms with Crippen LogP contribution in [0.25, 0.3) is 0 Å². The maximum Gasteiger partial charge on any atom is 0.261 e. The third kappa shape index (κ3) is 4.14. The summed E-state index contributed by atoms with van der Waals surface area (Å²) in [5.41, 5.74) is 4.23. The Hall–Kier alpha value is -2.60. The largest absolute Gasteiger partial charge is 0.489 e. The fourth-order valence-corrected chi connectivity index (χ4v) is 3.53. The molecule has 3 aromatic rings. The van der Waals surface area contributed by atoms with Crippen molar-refractivity contribution in [3.63, 3.8) is 0 Å². The molecule has 1 atom stereocenters. The number of thiophene rings is 1. The Labute approximate surface area is 157 Å². The molecule has 26 heavy (non-hydrogen) atoms. The van der Waals surface area contributed by atoms with Gasteiger partial charge in [0.2, 0.25) is 0 Å². The van der Waals surface area contributed by atoms with E-state index in [1.165, 1.54) is 11.3 Å². The smallest absolute Gasteiger partial charge is 0.261 e. The third-order valence-corrected chi connectivity index (χ3v) is 5.34. The summed E-state index contributed by atoms with van der Waals surface area (Å²) in [7, 11) is 1.90. The number of carbonyl (C=O) groups is 1. The van der Waals surface area contributed by atoms with Crippen molar-refractivity contribution in [3.8, 4) is 5.75 Å². The number of hydrogen-bond donors (Lipinski definition) is 1. The molecule has 1 unspecified atom stereocenters. The van der Waals surface area contributed by atoms with Gasteiger partial charge in [-0.1, -0.05) is 12.1 Å². The second-order valence-corrected chi connectivity index (χ2v) is 7.34. The molecule has 2 aromatic heterocycles. The van der Waals surface area contributed by atoms with E-state index in [2.05, 4.69) is 10.4 Å². The lowest BCUT2D eigenvalue weighted by molar-refractivity contribution is 0.0944. The van der Waals surface area contributed by atoms with E-state index in [4.69, 9.17) is 4.74 Å². The molecule has 0 saturated heterocycles. The number of nitrogens with one attached hydrogen (secondary N) is 1. The van der Waals surface area contributed by atoms with E-state index in [0.717, 1.165) is 28.1 Å². The molecule has 0 aliphatic rings. The second-order valence-electron chi connectivity index (χ2n) is 6.43. The Morgan fingerprint density at radius 2 is 2.15 bits per heavy atom. The van der Waals surface area contributed by atoms with Crippen molar-refractivity contribution in [2.45, 2.75) is 33.4 Å². The maximum atomic E-state index is 12.5. The summed E-state index contributed by atoms with van der Waals surface area (Å²) >= 11 is 1.43. The molecule has 136 valence electrons. The number of aromatic nitrogens is 2. The quantitative estimate of drug-likeness (QED) is 0.709. The maximum absolute atomic E-state index is 12.5. The summed E-state index contributed by atoms with van der Waals surface area (Å²) in [5, 5.41) is 9.23. The van der Waals surface area contributed by atoms with Crippen molar-refractivity contribution in [2.24, 2.45) is 7.05 Å². The van der Waals surface area contributed by atoms with E-state index in [0.29, 0.717) is 11.5 Å². The molecule has 0 bridgehead atoms. The normalized spacial score (nSPS) is 12.0. The van der Waals surface area contributed by atoms with E-state index in [1.54, 1.807) is 6.20 Å². The number of aryl methyl sites for hydroxylation is 2. The number of nitrogens with zero attached hydrogens (tertiary/aromatic N) is 2. The molecular formula is C20H23N3O2S. The predicted octanol–water partition coefficient (Wildman–Crippen LogP) is 4.17. The van der Waals surface area contributed by atoms with Gasteiger partial charge < -0.3 is 10.1 Å². The highest BCUT2D eigenvalue weighted by atomic mass is 32.1. The number of benzene rings is 1. The van der Waals surface area contributed by atoms with Gasteiger partial charge in [0.25, 0.3) is 5.91 Å². The fraction of sp³-hybridized carbons (Fsp3) is 0.300. The molecule has 0 fully saturated rings. The Kier molecular flexibility index (Phi) is 5.42. The van der Waals surface area contributed by atoms with Crippen LogP contribution in [0.15, 0.2) is 41.9 Å². The summed E-state index contributed by atoms with van der Waals surface area (Å²) in [5.74, 6) is 0.760. The SMILES string of the molecule is Cc1cccc(OCc2csc(C(=O)NC(C)c3cnn(C)c3C)c2)c1. The van der Waals surface area contributed by atoms with Crippen molar-refractivity contribution >= 4 is 17.2 Å². The molecule has 0 aliphatic carbocycles. The molecule has 0 aliphatic heterocycles. The molecule has 1 N–H and O–H groups in total. The van der Waals surface area contributed by atoms with Crippen molar-refractivity contribution in [3.05, 3.63) is 69.2 Å². The van der Waals surface area contributed by atoms with E-state index < -0.39 is 0 Å². The van der Waals surface area contributed by atoms with Crippen molar-refractivity contribution in [2.75, 3.05) is 0 Å². The molecule has 1 aromatic carbocycles. The standard InChI is InChI=1S/C20H23N3O2S/c1-13-6-5-7-17(8-13)25-11-16-9-19(26-12-16)20(24)22-14(2)18-10-21-23(4)15(18)3/h5-10,12,14H,11H2,1-4H3,(H,22,24). The predicted molar refractivity (Wildman–Crippen MR) is 104 cm³/mol. The Morgan fingerprint density at radius 3 is 2.85 bits per heavy atom. The molecule has 3 rings (SSSR count).